The van der Waals surface area contributed by atoms with Crippen LogP contribution in [0.2, 0.25) is 10.0 Å². The molecule has 1 saturated heterocycles. The Morgan fingerprint density at radius 3 is 2.40 bits per heavy atom. The molecule has 0 spiro atoms. The molecule has 0 bridgehead atoms. The monoisotopic (exact) mass is 448 g/mol. The summed E-state index contributed by atoms with van der Waals surface area (Å²) < 4.78 is 0. The number of aliphatic hydroxyl groups is 1. The molecule has 0 radical (unpaired) electrons. The Hall–Kier alpha value is -1.40. The van der Waals surface area contributed by atoms with Gasteiger partial charge in [-0.05, 0) is 44.1 Å². The maximum absolute atomic E-state index is 10.0. The van der Waals surface area contributed by atoms with Crippen LogP contribution in [0.15, 0.2) is 18.2 Å². The second-order valence-electron chi connectivity index (χ2n) is 9.10. The van der Waals surface area contributed by atoms with E-state index < -0.39 is 0 Å². The fourth-order valence-corrected chi connectivity index (χ4v) is 5.55. The topological polar surface area (TPSA) is 75.3 Å². The molecule has 30 heavy (non-hydrogen) atoms. The van der Waals surface area contributed by atoms with Crippen LogP contribution in [0.4, 0.5) is 5.82 Å². The van der Waals surface area contributed by atoms with Gasteiger partial charge in [0.15, 0.2) is 5.82 Å². The van der Waals surface area contributed by atoms with E-state index in [-0.39, 0.29) is 17.6 Å². The SMILES string of the molecule is Cc1nc(N2CCC(C)(C3(N)CCCC3)CC2)c(CO)nc1-c1cccc(Cl)c1Cl. The zero-order chi connectivity index (χ0) is 21.5. The van der Waals surface area contributed by atoms with Gasteiger partial charge >= 0.3 is 0 Å². The predicted octanol–water partition coefficient (Wildman–Crippen LogP) is 5.13. The Labute approximate surface area is 188 Å². The number of rotatable bonds is 4. The molecule has 2 aromatic rings. The van der Waals surface area contributed by atoms with Gasteiger partial charge in [0.25, 0.3) is 0 Å². The molecular weight excluding hydrogens is 419 g/mol. The molecule has 4 rings (SSSR count). The number of benzene rings is 1. The van der Waals surface area contributed by atoms with Crippen LogP contribution in [-0.2, 0) is 6.61 Å². The average Bonchev–Trinajstić information content (AvgIpc) is 3.19. The van der Waals surface area contributed by atoms with Crippen LogP contribution in [0.25, 0.3) is 11.3 Å². The fourth-order valence-electron chi connectivity index (χ4n) is 5.16. The van der Waals surface area contributed by atoms with Gasteiger partial charge in [-0.1, -0.05) is 55.1 Å². The maximum atomic E-state index is 10.0. The molecule has 0 atom stereocenters. The van der Waals surface area contributed by atoms with Crippen molar-refractivity contribution in [3.63, 3.8) is 0 Å². The number of aliphatic hydroxyl groups excluding tert-OH is 1. The first-order valence-electron chi connectivity index (χ1n) is 10.7. The summed E-state index contributed by atoms with van der Waals surface area (Å²) >= 11 is 12.6. The van der Waals surface area contributed by atoms with Crippen molar-refractivity contribution in [1.29, 1.82) is 0 Å². The number of aromatic nitrogens is 2. The molecule has 7 heteroatoms. The third-order valence-electron chi connectivity index (χ3n) is 7.34. The molecular formula is C23H30Cl2N4O. The van der Waals surface area contributed by atoms with Gasteiger partial charge in [0, 0.05) is 24.2 Å². The third-order valence-corrected chi connectivity index (χ3v) is 8.16. The lowest BCUT2D eigenvalue weighted by atomic mass is 9.64. The molecule has 0 amide bonds. The standard InChI is InChI=1S/C23H30Cl2N4O/c1-15-20(16-6-5-7-17(24)19(16)25)28-18(14-30)21(27-15)29-12-10-22(2,11-13-29)23(26)8-3-4-9-23/h5-7,30H,3-4,8-14,26H2,1-2H3. The Morgan fingerprint density at radius 2 is 1.77 bits per heavy atom. The molecule has 0 unspecified atom stereocenters. The van der Waals surface area contributed by atoms with Gasteiger partial charge in [-0.3, -0.25) is 0 Å². The molecule has 3 N–H and O–H groups in total. The average molecular weight is 449 g/mol. The zero-order valence-corrected chi connectivity index (χ0v) is 19.2. The van der Waals surface area contributed by atoms with Crippen LogP contribution in [0, 0.1) is 12.3 Å². The van der Waals surface area contributed by atoms with E-state index in [1.807, 2.05) is 19.1 Å². The highest BCUT2D eigenvalue weighted by molar-refractivity contribution is 6.43. The normalized spacial score (nSPS) is 20.5. The highest BCUT2D eigenvalue weighted by Gasteiger charge is 2.48. The smallest absolute Gasteiger partial charge is 0.153 e. The highest BCUT2D eigenvalue weighted by atomic mass is 35.5. The molecule has 2 fully saturated rings. The molecule has 1 aromatic carbocycles. The van der Waals surface area contributed by atoms with Gasteiger partial charge < -0.3 is 15.7 Å². The summed E-state index contributed by atoms with van der Waals surface area (Å²) in [6.07, 6.45) is 6.78. The lowest BCUT2D eigenvalue weighted by Crippen LogP contribution is -2.56. The first-order valence-corrected chi connectivity index (χ1v) is 11.5. The summed E-state index contributed by atoms with van der Waals surface area (Å²) in [6, 6.07) is 5.46. The Morgan fingerprint density at radius 1 is 1.10 bits per heavy atom. The third kappa shape index (κ3) is 3.70. The molecule has 162 valence electrons. The van der Waals surface area contributed by atoms with Crippen molar-refractivity contribution >= 4 is 29.0 Å². The van der Waals surface area contributed by atoms with Crippen molar-refractivity contribution in [3.8, 4) is 11.3 Å². The number of hydrogen-bond donors (Lipinski definition) is 2. The molecule has 1 aliphatic heterocycles. The zero-order valence-electron chi connectivity index (χ0n) is 17.7. The lowest BCUT2D eigenvalue weighted by molar-refractivity contribution is 0.107. The van der Waals surface area contributed by atoms with E-state index >= 15 is 0 Å². The number of piperidine rings is 1. The minimum Gasteiger partial charge on any atom is -0.390 e. The van der Waals surface area contributed by atoms with Crippen LogP contribution in [0.3, 0.4) is 0 Å². The summed E-state index contributed by atoms with van der Waals surface area (Å²) in [5.41, 5.74) is 9.66. The van der Waals surface area contributed by atoms with Crippen LogP contribution in [0.1, 0.15) is 56.8 Å². The van der Waals surface area contributed by atoms with Gasteiger partial charge in [0.05, 0.1) is 28.0 Å². The molecule has 2 aliphatic rings. The number of anilines is 1. The van der Waals surface area contributed by atoms with Gasteiger partial charge in [-0.2, -0.15) is 0 Å². The number of aryl methyl sites for hydroxylation is 1. The molecule has 1 saturated carbocycles. The highest BCUT2D eigenvalue weighted by Crippen LogP contribution is 2.48. The van der Waals surface area contributed by atoms with E-state index in [0.29, 0.717) is 21.4 Å². The van der Waals surface area contributed by atoms with Crippen LogP contribution >= 0.6 is 23.2 Å². The quantitative estimate of drug-likeness (QED) is 0.677. The predicted molar refractivity (Wildman–Crippen MR) is 123 cm³/mol. The van der Waals surface area contributed by atoms with Crippen molar-refractivity contribution in [3.05, 3.63) is 39.6 Å². The molecule has 1 aromatic heterocycles. The van der Waals surface area contributed by atoms with Gasteiger partial charge in [-0.15, -0.1) is 0 Å². The summed E-state index contributed by atoms with van der Waals surface area (Å²) in [5.74, 6) is 0.761. The summed E-state index contributed by atoms with van der Waals surface area (Å²) in [6.45, 7) is 5.83. The van der Waals surface area contributed by atoms with Crippen molar-refractivity contribution in [2.75, 3.05) is 18.0 Å². The molecule has 1 aliphatic carbocycles. The minimum absolute atomic E-state index is 0.0479. The van der Waals surface area contributed by atoms with Crippen LogP contribution < -0.4 is 10.6 Å². The minimum atomic E-state index is -0.178. The maximum Gasteiger partial charge on any atom is 0.153 e. The number of nitrogens with two attached hydrogens (primary N) is 1. The lowest BCUT2D eigenvalue weighted by Gasteiger charge is -2.49. The fraction of sp³-hybridized carbons (Fsp3) is 0.565. The summed E-state index contributed by atoms with van der Waals surface area (Å²) in [4.78, 5) is 11.8. The molecule has 2 heterocycles. The summed E-state index contributed by atoms with van der Waals surface area (Å²) in [7, 11) is 0. The van der Waals surface area contributed by atoms with E-state index in [0.717, 1.165) is 55.8 Å². The first-order chi connectivity index (χ1) is 14.3. The second kappa shape index (κ2) is 8.27. The van der Waals surface area contributed by atoms with Crippen LogP contribution in [0.5, 0.6) is 0 Å². The van der Waals surface area contributed by atoms with E-state index in [1.165, 1.54) is 12.8 Å². The molecule has 5 nitrogen and oxygen atoms in total. The van der Waals surface area contributed by atoms with Gasteiger partial charge in [0.1, 0.15) is 5.69 Å². The van der Waals surface area contributed by atoms with Gasteiger partial charge in [0.2, 0.25) is 0 Å². The van der Waals surface area contributed by atoms with Crippen LogP contribution in [-0.4, -0.2) is 33.7 Å². The number of halogens is 2. The Kier molecular flexibility index (Phi) is 6.01. The summed E-state index contributed by atoms with van der Waals surface area (Å²) in [5, 5.41) is 11.0. The largest absolute Gasteiger partial charge is 0.390 e. The first kappa shape index (κ1) is 21.8. The number of nitrogens with zero attached hydrogens (tertiary/aromatic N) is 3. The number of hydrogen-bond acceptors (Lipinski definition) is 5. The van der Waals surface area contributed by atoms with E-state index in [1.54, 1.807) is 6.07 Å². The van der Waals surface area contributed by atoms with Crippen molar-refractivity contribution in [2.45, 2.75) is 64.5 Å². The Balaban J connectivity index is 1.61. The van der Waals surface area contributed by atoms with E-state index in [9.17, 15) is 5.11 Å². The van der Waals surface area contributed by atoms with Gasteiger partial charge in [-0.25, -0.2) is 9.97 Å². The van der Waals surface area contributed by atoms with E-state index in [2.05, 4.69) is 11.8 Å². The second-order valence-corrected chi connectivity index (χ2v) is 9.88. The van der Waals surface area contributed by atoms with Crippen molar-refractivity contribution < 1.29 is 5.11 Å². The van der Waals surface area contributed by atoms with E-state index in [4.69, 9.17) is 38.9 Å². The Bertz CT molecular complexity index is 935. The van der Waals surface area contributed by atoms with Crippen molar-refractivity contribution in [2.24, 2.45) is 11.1 Å². The van der Waals surface area contributed by atoms with Crippen molar-refractivity contribution in [1.82, 2.24) is 9.97 Å².